The highest BCUT2D eigenvalue weighted by atomic mass is 32.2. The van der Waals surface area contributed by atoms with Crippen molar-refractivity contribution < 1.29 is 0 Å². The second-order valence-corrected chi connectivity index (χ2v) is 5.52. The van der Waals surface area contributed by atoms with Gasteiger partial charge in [-0.25, -0.2) is 0 Å². The molecule has 0 aliphatic heterocycles. The Labute approximate surface area is 112 Å². The second-order valence-electron chi connectivity index (χ2n) is 3.87. The summed E-state index contributed by atoms with van der Waals surface area (Å²) in [6, 6.07) is 18.6. The van der Waals surface area contributed by atoms with E-state index in [2.05, 4.69) is 43.3 Å². The lowest BCUT2D eigenvalue weighted by molar-refractivity contribution is 1.31. The third kappa shape index (κ3) is 3.42. The number of thiocarbonyl (C=S) groups is 1. The van der Waals surface area contributed by atoms with Gasteiger partial charge in [-0.2, -0.15) is 0 Å². The molecule has 0 amide bonds. The summed E-state index contributed by atoms with van der Waals surface area (Å²) in [7, 11) is 0. The fraction of sp³-hybridized carbons (Fsp3) is 0.133. The molecule has 0 fully saturated rings. The summed E-state index contributed by atoms with van der Waals surface area (Å²) in [5.74, 6) is 0.945. The Kier molecular flexibility index (Phi) is 4.35. The van der Waals surface area contributed by atoms with E-state index in [1.54, 1.807) is 11.8 Å². The molecular formula is C15H14S2. The molecule has 2 aromatic carbocycles. The molecule has 0 atom stereocenters. The molecule has 0 saturated carbocycles. The molecule has 2 aromatic rings. The molecule has 0 unspecified atom stereocenters. The maximum absolute atomic E-state index is 5.43. The Morgan fingerprint density at radius 3 is 2.35 bits per heavy atom. The number of thioether (sulfide) groups is 1. The molecule has 0 heterocycles. The predicted molar refractivity (Wildman–Crippen MR) is 80.6 cm³/mol. The van der Waals surface area contributed by atoms with Gasteiger partial charge in [0.15, 0.2) is 0 Å². The van der Waals surface area contributed by atoms with E-state index < -0.39 is 0 Å². The van der Waals surface area contributed by atoms with Gasteiger partial charge in [-0.05, 0) is 23.6 Å². The fourth-order valence-electron chi connectivity index (χ4n) is 1.57. The van der Waals surface area contributed by atoms with E-state index >= 15 is 0 Å². The summed E-state index contributed by atoms with van der Waals surface area (Å²) < 4.78 is 0.967. The maximum atomic E-state index is 5.43. The molecule has 86 valence electrons. The summed E-state index contributed by atoms with van der Waals surface area (Å²) in [6.07, 6.45) is 0. The van der Waals surface area contributed by atoms with Gasteiger partial charge in [0.1, 0.15) is 0 Å². The lowest BCUT2D eigenvalue weighted by Crippen LogP contribution is -1.93. The molecule has 0 aromatic heterocycles. The molecular weight excluding hydrogens is 244 g/mol. The summed E-state index contributed by atoms with van der Waals surface area (Å²) >= 11 is 7.15. The van der Waals surface area contributed by atoms with E-state index in [0.717, 1.165) is 15.5 Å². The topological polar surface area (TPSA) is 0 Å². The van der Waals surface area contributed by atoms with E-state index in [0.29, 0.717) is 0 Å². The average Bonchev–Trinajstić information content (AvgIpc) is 2.38. The summed E-state index contributed by atoms with van der Waals surface area (Å²) in [6.45, 7) is 2.14. The van der Waals surface area contributed by atoms with Crippen molar-refractivity contribution in [2.75, 3.05) is 0 Å². The third-order valence-corrected chi connectivity index (χ3v) is 4.17. The molecule has 2 rings (SSSR count). The smallest absolute Gasteiger partial charge is 0.0781 e. The minimum atomic E-state index is 0.945. The highest BCUT2D eigenvalue weighted by Crippen LogP contribution is 2.20. The van der Waals surface area contributed by atoms with Gasteiger partial charge in [-0.15, -0.1) is 11.8 Å². The Balaban J connectivity index is 2.00. The average molecular weight is 258 g/mol. The Hall–Kier alpha value is -1.12. The Morgan fingerprint density at radius 1 is 1.00 bits per heavy atom. The van der Waals surface area contributed by atoms with Crippen molar-refractivity contribution in [2.24, 2.45) is 0 Å². The van der Waals surface area contributed by atoms with Gasteiger partial charge in [0.2, 0.25) is 0 Å². The van der Waals surface area contributed by atoms with E-state index in [1.165, 1.54) is 11.1 Å². The lowest BCUT2D eigenvalue weighted by atomic mass is 10.1. The quantitative estimate of drug-likeness (QED) is 0.738. The van der Waals surface area contributed by atoms with Crippen molar-refractivity contribution in [1.29, 1.82) is 0 Å². The Bertz CT molecular complexity index is 503. The molecule has 0 N–H and O–H groups in total. The van der Waals surface area contributed by atoms with Crippen LogP contribution in [-0.2, 0) is 5.75 Å². The molecule has 0 spiro atoms. The summed E-state index contributed by atoms with van der Waals surface area (Å²) in [4.78, 5) is 0. The molecule has 0 aliphatic rings. The van der Waals surface area contributed by atoms with Gasteiger partial charge in [0.05, 0.1) is 4.20 Å². The zero-order valence-electron chi connectivity index (χ0n) is 9.72. The van der Waals surface area contributed by atoms with Crippen LogP contribution in [0.2, 0.25) is 0 Å². The van der Waals surface area contributed by atoms with E-state index in [-0.39, 0.29) is 0 Å². The maximum Gasteiger partial charge on any atom is 0.0781 e. The largest absolute Gasteiger partial charge is 0.109 e. The van der Waals surface area contributed by atoms with Crippen LogP contribution in [0.15, 0.2) is 54.6 Å². The SMILES string of the molecule is Cc1ccccc1CSC(=S)c1ccccc1. The highest BCUT2D eigenvalue weighted by molar-refractivity contribution is 8.23. The molecule has 0 bridgehead atoms. The van der Waals surface area contributed by atoms with Crippen LogP contribution in [0.5, 0.6) is 0 Å². The first-order valence-electron chi connectivity index (χ1n) is 5.54. The van der Waals surface area contributed by atoms with Crippen molar-refractivity contribution in [3.05, 3.63) is 71.3 Å². The monoisotopic (exact) mass is 258 g/mol. The first-order valence-corrected chi connectivity index (χ1v) is 6.93. The third-order valence-electron chi connectivity index (χ3n) is 2.63. The van der Waals surface area contributed by atoms with Crippen molar-refractivity contribution in [3.8, 4) is 0 Å². The number of rotatable bonds is 3. The van der Waals surface area contributed by atoms with Crippen LogP contribution in [0.25, 0.3) is 0 Å². The molecule has 0 radical (unpaired) electrons. The van der Waals surface area contributed by atoms with Crippen LogP contribution >= 0.6 is 24.0 Å². The zero-order chi connectivity index (χ0) is 12.1. The van der Waals surface area contributed by atoms with E-state index in [9.17, 15) is 0 Å². The molecule has 0 nitrogen and oxygen atoms in total. The van der Waals surface area contributed by atoms with Gasteiger partial charge >= 0.3 is 0 Å². The second kappa shape index (κ2) is 5.99. The molecule has 2 heteroatoms. The number of hydrogen-bond acceptors (Lipinski definition) is 2. The number of aryl methyl sites for hydroxylation is 1. The predicted octanol–water partition coefficient (Wildman–Crippen LogP) is 4.60. The van der Waals surface area contributed by atoms with Gasteiger partial charge in [0.25, 0.3) is 0 Å². The normalized spacial score (nSPS) is 10.2. The zero-order valence-corrected chi connectivity index (χ0v) is 11.4. The van der Waals surface area contributed by atoms with Gasteiger partial charge in [0, 0.05) is 5.75 Å². The van der Waals surface area contributed by atoms with Crippen LogP contribution in [0.4, 0.5) is 0 Å². The van der Waals surface area contributed by atoms with Gasteiger partial charge in [-0.1, -0.05) is 66.8 Å². The summed E-state index contributed by atoms with van der Waals surface area (Å²) in [5.41, 5.74) is 3.83. The summed E-state index contributed by atoms with van der Waals surface area (Å²) in [5, 5.41) is 0. The van der Waals surface area contributed by atoms with Gasteiger partial charge in [-0.3, -0.25) is 0 Å². The molecule has 0 aliphatic carbocycles. The van der Waals surface area contributed by atoms with Crippen LogP contribution in [0.1, 0.15) is 16.7 Å². The first kappa shape index (κ1) is 12.3. The van der Waals surface area contributed by atoms with Crippen molar-refractivity contribution in [2.45, 2.75) is 12.7 Å². The van der Waals surface area contributed by atoms with Crippen molar-refractivity contribution in [1.82, 2.24) is 0 Å². The lowest BCUT2D eigenvalue weighted by Gasteiger charge is -2.06. The number of hydrogen-bond donors (Lipinski definition) is 0. The van der Waals surface area contributed by atoms with Crippen molar-refractivity contribution in [3.63, 3.8) is 0 Å². The fourth-order valence-corrected chi connectivity index (χ4v) is 2.80. The number of benzene rings is 2. The first-order chi connectivity index (χ1) is 8.27. The molecule has 17 heavy (non-hydrogen) atoms. The van der Waals surface area contributed by atoms with Crippen LogP contribution < -0.4 is 0 Å². The van der Waals surface area contributed by atoms with Crippen molar-refractivity contribution >= 4 is 28.2 Å². The van der Waals surface area contributed by atoms with E-state index in [1.807, 2.05) is 18.2 Å². The standard InChI is InChI=1S/C15H14S2/c1-12-7-5-6-10-14(12)11-17-15(16)13-8-3-2-4-9-13/h2-10H,11H2,1H3. The van der Waals surface area contributed by atoms with Crippen LogP contribution in [0.3, 0.4) is 0 Å². The Morgan fingerprint density at radius 2 is 1.65 bits per heavy atom. The minimum Gasteiger partial charge on any atom is -0.109 e. The molecule has 0 saturated heterocycles. The minimum absolute atomic E-state index is 0.945. The van der Waals surface area contributed by atoms with E-state index in [4.69, 9.17) is 12.2 Å². The van der Waals surface area contributed by atoms with Crippen LogP contribution in [0, 0.1) is 6.92 Å². The van der Waals surface area contributed by atoms with Crippen LogP contribution in [-0.4, -0.2) is 4.20 Å². The van der Waals surface area contributed by atoms with Gasteiger partial charge < -0.3 is 0 Å². The highest BCUT2D eigenvalue weighted by Gasteiger charge is 2.03.